The van der Waals surface area contributed by atoms with E-state index in [9.17, 15) is 14.0 Å². The van der Waals surface area contributed by atoms with E-state index in [4.69, 9.17) is 4.74 Å². The first-order chi connectivity index (χ1) is 9.90. The molecule has 0 fully saturated rings. The molecule has 0 saturated heterocycles. The summed E-state index contributed by atoms with van der Waals surface area (Å²) < 4.78 is 18.1. The molecule has 0 unspecified atom stereocenters. The molecule has 0 bridgehead atoms. The van der Waals surface area contributed by atoms with Crippen LogP contribution < -0.4 is 4.74 Å². The Morgan fingerprint density at radius 3 is 2.33 bits per heavy atom. The van der Waals surface area contributed by atoms with Crippen LogP contribution in [0.1, 0.15) is 39.0 Å². The maximum Gasteiger partial charge on any atom is 0.216 e. The van der Waals surface area contributed by atoms with Gasteiger partial charge < -0.3 is 9.72 Å². The average Bonchev–Trinajstić information content (AvgIpc) is 2.73. The zero-order valence-corrected chi connectivity index (χ0v) is 12.1. The van der Waals surface area contributed by atoms with Gasteiger partial charge in [-0.25, -0.2) is 4.39 Å². The first-order valence-corrected chi connectivity index (χ1v) is 6.51. The summed E-state index contributed by atoms with van der Waals surface area (Å²) in [5.74, 6) is -0.291. The van der Waals surface area contributed by atoms with Gasteiger partial charge in [0, 0.05) is 11.3 Å². The van der Waals surface area contributed by atoms with Crippen molar-refractivity contribution in [3.63, 3.8) is 0 Å². The summed E-state index contributed by atoms with van der Waals surface area (Å²) in [6.07, 6.45) is 0. The Kier molecular flexibility index (Phi) is 4.21. The highest BCUT2D eigenvalue weighted by atomic mass is 19.1. The van der Waals surface area contributed by atoms with Crippen molar-refractivity contribution in [2.45, 2.75) is 20.8 Å². The summed E-state index contributed by atoms with van der Waals surface area (Å²) in [7, 11) is 0. The SMILES string of the molecule is CC(=O)c1c(C)[nH]c(C(=O)COc2ccc(F)cc2)c1C. The molecule has 0 spiro atoms. The van der Waals surface area contributed by atoms with Gasteiger partial charge in [0.2, 0.25) is 5.78 Å². The molecule has 1 aromatic heterocycles. The quantitative estimate of drug-likeness (QED) is 0.860. The fourth-order valence-electron chi connectivity index (χ4n) is 2.31. The van der Waals surface area contributed by atoms with Gasteiger partial charge in [0.25, 0.3) is 0 Å². The molecule has 21 heavy (non-hydrogen) atoms. The molecule has 0 saturated carbocycles. The number of aromatic amines is 1. The number of halogens is 1. The monoisotopic (exact) mass is 289 g/mol. The van der Waals surface area contributed by atoms with Gasteiger partial charge in [-0.05, 0) is 50.6 Å². The maximum atomic E-state index is 12.8. The van der Waals surface area contributed by atoms with Gasteiger partial charge in [-0.3, -0.25) is 9.59 Å². The minimum atomic E-state index is -0.365. The van der Waals surface area contributed by atoms with Crippen molar-refractivity contribution in [3.8, 4) is 5.75 Å². The van der Waals surface area contributed by atoms with Crippen molar-refractivity contribution in [3.05, 3.63) is 52.6 Å². The molecular weight excluding hydrogens is 273 g/mol. The van der Waals surface area contributed by atoms with E-state index >= 15 is 0 Å². The predicted molar refractivity (Wildman–Crippen MR) is 76.5 cm³/mol. The first kappa shape index (κ1) is 15.0. The van der Waals surface area contributed by atoms with Crippen LogP contribution in [0, 0.1) is 19.7 Å². The number of ether oxygens (including phenoxy) is 1. The van der Waals surface area contributed by atoms with Gasteiger partial charge in [0.15, 0.2) is 12.4 Å². The van der Waals surface area contributed by atoms with Crippen LogP contribution in [0.25, 0.3) is 0 Å². The molecule has 0 aliphatic heterocycles. The van der Waals surface area contributed by atoms with Crippen LogP contribution in [0.3, 0.4) is 0 Å². The lowest BCUT2D eigenvalue weighted by Crippen LogP contribution is -2.13. The standard InChI is InChI=1S/C16H16FNO3/c1-9-15(11(3)19)10(2)18-16(9)14(20)8-21-13-6-4-12(17)5-7-13/h4-7,18H,8H2,1-3H3. The van der Waals surface area contributed by atoms with Crippen LogP contribution in [0.5, 0.6) is 5.75 Å². The third-order valence-corrected chi connectivity index (χ3v) is 3.25. The summed E-state index contributed by atoms with van der Waals surface area (Å²) in [6.45, 7) is 4.77. The zero-order chi connectivity index (χ0) is 15.6. The number of nitrogens with one attached hydrogen (secondary N) is 1. The topological polar surface area (TPSA) is 59.2 Å². The Bertz CT molecular complexity index is 686. The highest BCUT2D eigenvalue weighted by Gasteiger charge is 2.19. The molecule has 4 nitrogen and oxygen atoms in total. The van der Waals surface area contributed by atoms with Crippen molar-refractivity contribution < 1.29 is 18.7 Å². The van der Waals surface area contributed by atoms with Gasteiger partial charge in [-0.2, -0.15) is 0 Å². The van der Waals surface area contributed by atoms with Crippen LogP contribution in [0.15, 0.2) is 24.3 Å². The lowest BCUT2D eigenvalue weighted by molar-refractivity contribution is 0.0916. The molecule has 110 valence electrons. The third-order valence-electron chi connectivity index (χ3n) is 3.25. The predicted octanol–water partition coefficient (Wildman–Crippen LogP) is 3.23. The number of Topliss-reactive ketones (excluding diaryl/α,β-unsaturated/α-hetero) is 2. The van der Waals surface area contributed by atoms with Gasteiger partial charge in [0.1, 0.15) is 11.6 Å². The molecular formula is C16H16FNO3. The summed E-state index contributed by atoms with van der Waals surface area (Å²) in [5.41, 5.74) is 2.22. The largest absolute Gasteiger partial charge is 0.485 e. The zero-order valence-electron chi connectivity index (χ0n) is 12.1. The number of benzene rings is 1. The lowest BCUT2D eigenvalue weighted by Gasteiger charge is -2.05. The summed E-state index contributed by atoms with van der Waals surface area (Å²) in [4.78, 5) is 26.6. The molecule has 2 rings (SSSR count). The average molecular weight is 289 g/mol. The molecule has 0 aliphatic rings. The van der Waals surface area contributed by atoms with Gasteiger partial charge in [-0.15, -0.1) is 0 Å². The van der Waals surface area contributed by atoms with Crippen molar-refractivity contribution in [2.24, 2.45) is 0 Å². The Morgan fingerprint density at radius 1 is 1.19 bits per heavy atom. The fourth-order valence-corrected chi connectivity index (χ4v) is 2.31. The van der Waals surface area contributed by atoms with Crippen molar-refractivity contribution in [1.82, 2.24) is 4.98 Å². The highest BCUT2D eigenvalue weighted by molar-refractivity contribution is 6.03. The number of rotatable bonds is 5. The number of H-pyrrole nitrogens is 1. The maximum absolute atomic E-state index is 12.8. The Hall–Kier alpha value is -2.43. The molecule has 5 heteroatoms. The minimum absolute atomic E-state index is 0.0836. The molecule has 1 N–H and O–H groups in total. The summed E-state index contributed by atoms with van der Waals surface area (Å²) >= 11 is 0. The van der Waals surface area contributed by atoms with E-state index in [1.165, 1.54) is 31.2 Å². The second-order valence-corrected chi connectivity index (χ2v) is 4.85. The normalized spacial score (nSPS) is 10.5. The fraction of sp³-hybridized carbons (Fsp3) is 0.250. The van der Waals surface area contributed by atoms with Gasteiger partial charge >= 0.3 is 0 Å². The van der Waals surface area contributed by atoms with Crippen LogP contribution in [0.2, 0.25) is 0 Å². The van der Waals surface area contributed by atoms with E-state index in [2.05, 4.69) is 4.98 Å². The van der Waals surface area contributed by atoms with Crippen LogP contribution in [-0.4, -0.2) is 23.2 Å². The van der Waals surface area contributed by atoms with Crippen LogP contribution in [0.4, 0.5) is 4.39 Å². The number of hydrogen-bond donors (Lipinski definition) is 1. The summed E-state index contributed by atoms with van der Waals surface area (Å²) in [5, 5.41) is 0. The highest BCUT2D eigenvalue weighted by Crippen LogP contribution is 2.19. The van der Waals surface area contributed by atoms with Crippen LogP contribution in [-0.2, 0) is 0 Å². The second-order valence-electron chi connectivity index (χ2n) is 4.85. The number of carbonyl (C=O) groups excluding carboxylic acids is 2. The molecule has 0 atom stereocenters. The second kappa shape index (κ2) is 5.91. The molecule has 0 radical (unpaired) electrons. The number of hydrogen-bond acceptors (Lipinski definition) is 3. The van der Waals surface area contributed by atoms with Crippen molar-refractivity contribution >= 4 is 11.6 Å². The van der Waals surface area contributed by atoms with Crippen molar-refractivity contribution in [2.75, 3.05) is 6.61 Å². The Morgan fingerprint density at radius 2 is 1.81 bits per heavy atom. The van der Waals surface area contributed by atoms with E-state index < -0.39 is 0 Å². The first-order valence-electron chi connectivity index (χ1n) is 6.51. The Balaban J connectivity index is 2.12. The van der Waals surface area contributed by atoms with E-state index in [-0.39, 0.29) is 24.0 Å². The lowest BCUT2D eigenvalue weighted by atomic mass is 10.1. The number of ketones is 2. The van der Waals surface area contributed by atoms with Crippen LogP contribution >= 0.6 is 0 Å². The number of aryl methyl sites for hydroxylation is 1. The van der Waals surface area contributed by atoms with E-state index in [0.717, 1.165) is 0 Å². The van der Waals surface area contributed by atoms with E-state index in [1.54, 1.807) is 13.8 Å². The van der Waals surface area contributed by atoms with Gasteiger partial charge in [-0.1, -0.05) is 0 Å². The molecule has 0 aliphatic carbocycles. The summed E-state index contributed by atoms with van der Waals surface area (Å²) in [6, 6.07) is 5.43. The molecule has 1 heterocycles. The number of aromatic nitrogens is 1. The molecule has 2 aromatic rings. The van der Waals surface area contributed by atoms with Crippen molar-refractivity contribution in [1.29, 1.82) is 0 Å². The van der Waals surface area contributed by atoms with Gasteiger partial charge in [0.05, 0.1) is 5.69 Å². The van der Waals surface area contributed by atoms with E-state index in [1.807, 2.05) is 0 Å². The number of carbonyl (C=O) groups is 2. The third kappa shape index (κ3) is 3.18. The minimum Gasteiger partial charge on any atom is -0.485 e. The van der Waals surface area contributed by atoms with E-state index in [0.29, 0.717) is 28.3 Å². The Labute approximate surface area is 121 Å². The molecule has 0 amide bonds. The molecule has 1 aromatic carbocycles. The smallest absolute Gasteiger partial charge is 0.216 e.